The van der Waals surface area contributed by atoms with Crippen LogP contribution < -0.4 is 5.73 Å². The van der Waals surface area contributed by atoms with Gasteiger partial charge in [0.05, 0.1) is 11.2 Å². The molecule has 16 heavy (non-hydrogen) atoms. The van der Waals surface area contributed by atoms with Crippen LogP contribution in [0.5, 0.6) is 0 Å². The molecule has 2 N–H and O–H groups in total. The van der Waals surface area contributed by atoms with Gasteiger partial charge in [-0.2, -0.15) is 0 Å². The molecule has 1 rings (SSSR count). The van der Waals surface area contributed by atoms with Crippen LogP contribution in [0.1, 0.15) is 41.0 Å². The first-order valence-electron chi connectivity index (χ1n) is 6.37. The maximum Gasteiger partial charge on any atom is 0.0760 e. The zero-order chi connectivity index (χ0) is 12.4. The highest BCUT2D eigenvalue weighted by molar-refractivity contribution is 4.89. The Bertz CT molecular complexity index is 210. The predicted molar refractivity (Wildman–Crippen MR) is 68.5 cm³/mol. The van der Waals surface area contributed by atoms with Gasteiger partial charge >= 0.3 is 0 Å². The third kappa shape index (κ3) is 4.40. The molecule has 0 spiro atoms. The van der Waals surface area contributed by atoms with Gasteiger partial charge in [-0.25, -0.2) is 0 Å². The summed E-state index contributed by atoms with van der Waals surface area (Å²) in [4.78, 5) is 2.52. The van der Waals surface area contributed by atoms with Crippen LogP contribution >= 0.6 is 0 Å². The third-order valence-corrected chi connectivity index (χ3v) is 2.99. The van der Waals surface area contributed by atoms with E-state index in [0.29, 0.717) is 5.92 Å². The minimum atomic E-state index is -0.0375. The van der Waals surface area contributed by atoms with Gasteiger partial charge in [-0.05, 0) is 46.6 Å². The van der Waals surface area contributed by atoms with Crippen LogP contribution in [0.2, 0.25) is 0 Å². The van der Waals surface area contributed by atoms with E-state index in [1.165, 1.54) is 0 Å². The molecule has 1 unspecified atom stereocenters. The molecular weight excluding hydrogens is 200 g/mol. The van der Waals surface area contributed by atoms with E-state index in [1.807, 2.05) is 0 Å². The Hall–Kier alpha value is -0.120. The third-order valence-electron chi connectivity index (χ3n) is 2.99. The highest BCUT2D eigenvalue weighted by Crippen LogP contribution is 2.28. The predicted octanol–water partition coefficient (Wildman–Crippen LogP) is 1.86. The molecule has 3 nitrogen and oxygen atoms in total. The lowest BCUT2D eigenvalue weighted by molar-refractivity contribution is -0.181. The molecule has 0 aromatic carbocycles. The normalized spacial score (nSPS) is 26.6. The van der Waals surface area contributed by atoms with Crippen molar-refractivity contribution in [1.82, 2.24) is 4.90 Å². The second kappa shape index (κ2) is 5.03. The van der Waals surface area contributed by atoms with Crippen LogP contribution in [0.3, 0.4) is 0 Å². The van der Waals surface area contributed by atoms with Gasteiger partial charge in [0, 0.05) is 19.6 Å². The van der Waals surface area contributed by atoms with Crippen molar-refractivity contribution in [3.8, 4) is 0 Å². The lowest BCUT2D eigenvalue weighted by atomic mass is 9.97. The molecule has 96 valence electrons. The number of nitrogens with two attached hydrogens (primary N) is 1. The first kappa shape index (κ1) is 13.9. The summed E-state index contributed by atoms with van der Waals surface area (Å²) in [6.07, 6.45) is 1.11. The number of hydrogen-bond donors (Lipinski definition) is 1. The lowest BCUT2D eigenvalue weighted by Crippen LogP contribution is -2.57. The fourth-order valence-corrected chi connectivity index (χ4v) is 2.89. The van der Waals surface area contributed by atoms with E-state index >= 15 is 0 Å². The molecule has 1 aliphatic heterocycles. The lowest BCUT2D eigenvalue weighted by Gasteiger charge is -2.47. The topological polar surface area (TPSA) is 38.5 Å². The summed E-state index contributed by atoms with van der Waals surface area (Å²) >= 11 is 0. The number of nitrogens with zero attached hydrogens (tertiary/aromatic N) is 1. The van der Waals surface area contributed by atoms with Crippen molar-refractivity contribution in [2.45, 2.75) is 52.2 Å². The molecule has 0 saturated carbocycles. The second-order valence-electron chi connectivity index (χ2n) is 6.47. The molecule has 1 atom stereocenters. The molecule has 1 aliphatic rings. The Kier molecular flexibility index (Phi) is 4.38. The molecule has 1 heterocycles. The quantitative estimate of drug-likeness (QED) is 0.798. The van der Waals surface area contributed by atoms with Gasteiger partial charge in [0.2, 0.25) is 0 Å². The molecule has 0 aromatic heterocycles. The molecule has 1 saturated heterocycles. The summed E-state index contributed by atoms with van der Waals surface area (Å²) in [5.74, 6) is 0.676. The summed E-state index contributed by atoms with van der Waals surface area (Å²) in [6.45, 7) is 14.9. The smallest absolute Gasteiger partial charge is 0.0760 e. The zero-order valence-electron chi connectivity index (χ0n) is 11.5. The summed E-state index contributed by atoms with van der Waals surface area (Å²) in [6, 6.07) is 0. The molecule has 0 aliphatic carbocycles. The molecular formula is C13H28N2O. The van der Waals surface area contributed by atoms with Gasteiger partial charge in [-0.15, -0.1) is 0 Å². The van der Waals surface area contributed by atoms with Gasteiger partial charge in [0.1, 0.15) is 0 Å². The fraction of sp³-hybridized carbons (Fsp3) is 1.00. The van der Waals surface area contributed by atoms with Gasteiger partial charge in [0.15, 0.2) is 0 Å². The van der Waals surface area contributed by atoms with E-state index in [-0.39, 0.29) is 11.2 Å². The monoisotopic (exact) mass is 228 g/mol. The highest BCUT2D eigenvalue weighted by atomic mass is 16.5. The Morgan fingerprint density at radius 3 is 2.12 bits per heavy atom. The number of hydrogen-bond acceptors (Lipinski definition) is 3. The molecule has 0 aromatic rings. The first-order valence-corrected chi connectivity index (χ1v) is 6.37. The average Bonchev–Trinajstić information content (AvgIpc) is 1.96. The highest BCUT2D eigenvalue weighted by Gasteiger charge is 2.38. The van der Waals surface area contributed by atoms with Crippen molar-refractivity contribution < 1.29 is 4.74 Å². The summed E-state index contributed by atoms with van der Waals surface area (Å²) < 4.78 is 6.07. The minimum absolute atomic E-state index is 0.0375. The Labute approximate surface area is 100 Å². The Morgan fingerprint density at radius 2 is 1.69 bits per heavy atom. The van der Waals surface area contributed by atoms with Crippen LogP contribution in [0.4, 0.5) is 0 Å². The van der Waals surface area contributed by atoms with Crippen molar-refractivity contribution in [1.29, 1.82) is 0 Å². The molecule has 3 heteroatoms. The van der Waals surface area contributed by atoms with E-state index in [1.54, 1.807) is 0 Å². The first-order chi connectivity index (χ1) is 7.24. The van der Waals surface area contributed by atoms with Crippen molar-refractivity contribution in [2.24, 2.45) is 11.7 Å². The minimum Gasteiger partial charge on any atom is -0.367 e. The van der Waals surface area contributed by atoms with Gasteiger partial charge in [0.25, 0.3) is 0 Å². The Morgan fingerprint density at radius 1 is 1.19 bits per heavy atom. The Balaban J connectivity index is 2.54. The van der Waals surface area contributed by atoms with Gasteiger partial charge < -0.3 is 10.5 Å². The average molecular weight is 228 g/mol. The summed E-state index contributed by atoms with van der Waals surface area (Å²) in [5, 5.41) is 0. The standard InChI is InChI=1S/C13H28N2O/c1-11(6-7-14)8-15-9-12(2,3)16-13(4,5)10-15/h11H,6-10,14H2,1-5H3. The molecule has 0 bridgehead atoms. The van der Waals surface area contributed by atoms with E-state index in [9.17, 15) is 0 Å². The van der Waals surface area contributed by atoms with Gasteiger partial charge in [-0.3, -0.25) is 4.90 Å². The number of ether oxygens (including phenoxy) is 1. The molecule has 0 amide bonds. The molecule has 0 radical (unpaired) electrons. The van der Waals surface area contributed by atoms with Crippen molar-refractivity contribution in [3.05, 3.63) is 0 Å². The fourth-order valence-electron chi connectivity index (χ4n) is 2.89. The van der Waals surface area contributed by atoms with Crippen LogP contribution in [-0.2, 0) is 4.74 Å². The van der Waals surface area contributed by atoms with Crippen LogP contribution in [0.15, 0.2) is 0 Å². The van der Waals surface area contributed by atoms with E-state index in [2.05, 4.69) is 39.5 Å². The zero-order valence-corrected chi connectivity index (χ0v) is 11.5. The van der Waals surface area contributed by atoms with Crippen molar-refractivity contribution in [2.75, 3.05) is 26.2 Å². The largest absolute Gasteiger partial charge is 0.367 e. The van der Waals surface area contributed by atoms with Gasteiger partial charge in [-0.1, -0.05) is 6.92 Å². The SMILES string of the molecule is CC(CCN)CN1CC(C)(C)OC(C)(C)C1. The van der Waals surface area contributed by atoms with E-state index < -0.39 is 0 Å². The van der Waals surface area contributed by atoms with Crippen molar-refractivity contribution in [3.63, 3.8) is 0 Å². The molecule has 1 fully saturated rings. The number of rotatable bonds is 4. The maximum absolute atomic E-state index is 6.07. The summed E-state index contributed by atoms with van der Waals surface area (Å²) in [5.41, 5.74) is 5.52. The van der Waals surface area contributed by atoms with E-state index in [0.717, 1.165) is 32.6 Å². The van der Waals surface area contributed by atoms with Crippen molar-refractivity contribution >= 4 is 0 Å². The number of morpholine rings is 1. The van der Waals surface area contributed by atoms with Crippen LogP contribution in [0.25, 0.3) is 0 Å². The second-order valence-corrected chi connectivity index (χ2v) is 6.47. The summed E-state index contributed by atoms with van der Waals surface area (Å²) in [7, 11) is 0. The van der Waals surface area contributed by atoms with Crippen LogP contribution in [-0.4, -0.2) is 42.3 Å². The maximum atomic E-state index is 6.07. The van der Waals surface area contributed by atoms with E-state index in [4.69, 9.17) is 10.5 Å². The van der Waals surface area contributed by atoms with Crippen LogP contribution in [0, 0.1) is 5.92 Å².